The highest BCUT2D eigenvalue weighted by Gasteiger charge is 2.43. The van der Waals surface area contributed by atoms with Crippen molar-refractivity contribution in [2.24, 2.45) is 0 Å². The zero-order chi connectivity index (χ0) is 24.5. The van der Waals surface area contributed by atoms with Crippen molar-refractivity contribution in [1.82, 2.24) is 44.9 Å². The Hall–Kier alpha value is -3.49. The van der Waals surface area contributed by atoms with Crippen LogP contribution in [0.25, 0.3) is 5.82 Å². The van der Waals surface area contributed by atoms with Gasteiger partial charge >= 0.3 is 12.0 Å². The number of aliphatic hydroxyl groups excluding tert-OH is 1. The number of rotatable bonds is 7. The summed E-state index contributed by atoms with van der Waals surface area (Å²) in [5.41, 5.74) is 1.57. The van der Waals surface area contributed by atoms with Crippen LogP contribution in [0.3, 0.4) is 0 Å². The van der Waals surface area contributed by atoms with Gasteiger partial charge in [0.25, 0.3) is 0 Å². The molecule has 14 nitrogen and oxygen atoms in total. The van der Waals surface area contributed by atoms with Crippen LogP contribution in [0, 0.1) is 0 Å². The maximum absolute atomic E-state index is 13.2. The van der Waals surface area contributed by atoms with Gasteiger partial charge in [0.15, 0.2) is 5.82 Å². The van der Waals surface area contributed by atoms with Crippen LogP contribution < -0.4 is 0 Å². The van der Waals surface area contributed by atoms with Crippen molar-refractivity contribution in [2.75, 3.05) is 46.4 Å². The standard InChI is InChI=1S/C21H27N9O5/c1-13-16(11-35-20(13)32)29-6-5-28(21(29)33)15-3-4-27(10-18(15)34-2)9-17(31)14-7-23-19(8-22-14)30-12-24-25-26-30/h7-8,12,15,17-18,31H,3-6,9-11H2,1-2H3. The predicted octanol–water partition coefficient (Wildman–Crippen LogP) is -0.857. The number of β-amino-alcohol motifs (C(OH)–C–C–N with tert-alkyl or cyclic N) is 1. The van der Waals surface area contributed by atoms with Crippen molar-refractivity contribution >= 4 is 12.0 Å². The summed E-state index contributed by atoms with van der Waals surface area (Å²) in [6, 6.07) is -0.226. The number of methoxy groups -OCH3 is 1. The van der Waals surface area contributed by atoms with E-state index in [-0.39, 0.29) is 30.8 Å². The molecule has 0 radical (unpaired) electrons. The maximum atomic E-state index is 13.2. The first-order valence-electron chi connectivity index (χ1n) is 11.4. The number of carbonyl (C=O) groups excluding carboxylic acids is 2. The second kappa shape index (κ2) is 9.64. The minimum Gasteiger partial charge on any atom is -0.456 e. The molecule has 2 fully saturated rings. The van der Waals surface area contributed by atoms with Gasteiger partial charge in [-0.1, -0.05) is 0 Å². The number of aromatic nitrogens is 6. The van der Waals surface area contributed by atoms with Crippen molar-refractivity contribution in [3.8, 4) is 5.82 Å². The molecular weight excluding hydrogens is 458 g/mol. The Labute approximate surface area is 201 Å². The third-order valence-electron chi connectivity index (χ3n) is 6.77. The fourth-order valence-electron chi connectivity index (χ4n) is 4.81. The molecule has 0 bridgehead atoms. The molecule has 3 unspecified atom stereocenters. The van der Waals surface area contributed by atoms with E-state index in [0.717, 1.165) is 0 Å². The molecule has 2 aromatic heterocycles. The molecule has 186 valence electrons. The highest BCUT2D eigenvalue weighted by molar-refractivity contribution is 5.92. The summed E-state index contributed by atoms with van der Waals surface area (Å²) in [5.74, 6) is 0.0811. The molecular formula is C21H27N9O5. The van der Waals surface area contributed by atoms with Gasteiger partial charge in [-0.3, -0.25) is 14.8 Å². The molecule has 2 saturated heterocycles. The van der Waals surface area contributed by atoms with Gasteiger partial charge in [-0.15, -0.1) is 5.10 Å². The smallest absolute Gasteiger partial charge is 0.336 e. The second-order valence-corrected chi connectivity index (χ2v) is 8.73. The largest absolute Gasteiger partial charge is 0.456 e. The van der Waals surface area contributed by atoms with Crippen LogP contribution in [0.1, 0.15) is 25.1 Å². The number of tetrazole rings is 1. The van der Waals surface area contributed by atoms with Crippen molar-refractivity contribution in [2.45, 2.75) is 31.6 Å². The lowest BCUT2D eigenvalue weighted by atomic mass is 9.99. The molecule has 3 atom stereocenters. The Kier molecular flexibility index (Phi) is 6.40. The Morgan fingerprint density at radius 3 is 2.74 bits per heavy atom. The average Bonchev–Trinajstić information content (AvgIpc) is 3.61. The summed E-state index contributed by atoms with van der Waals surface area (Å²) in [7, 11) is 1.63. The molecule has 2 aromatic rings. The fourth-order valence-corrected chi connectivity index (χ4v) is 4.81. The third-order valence-corrected chi connectivity index (χ3v) is 6.77. The summed E-state index contributed by atoms with van der Waals surface area (Å²) in [5, 5.41) is 21.6. The summed E-state index contributed by atoms with van der Waals surface area (Å²) in [4.78, 5) is 39.0. The van der Waals surface area contributed by atoms with Crippen LogP contribution >= 0.6 is 0 Å². The van der Waals surface area contributed by atoms with Gasteiger partial charge in [-0.2, -0.15) is 4.68 Å². The number of hydrogen-bond donors (Lipinski definition) is 1. The summed E-state index contributed by atoms with van der Waals surface area (Å²) < 4.78 is 12.2. The lowest BCUT2D eigenvalue weighted by Crippen LogP contribution is -2.56. The summed E-state index contributed by atoms with van der Waals surface area (Å²) in [6.07, 6.45) is 4.07. The minimum atomic E-state index is -0.835. The summed E-state index contributed by atoms with van der Waals surface area (Å²) in [6.45, 7) is 4.49. The lowest BCUT2D eigenvalue weighted by Gasteiger charge is -2.42. The predicted molar refractivity (Wildman–Crippen MR) is 118 cm³/mol. The van der Waals surface area contributed by atoms with Gasteiger partial charge in [0, 0.05) is 39.8 Å². The van der Waals surface area contributed by atoms with Crippen molar-refractivity contribution in [3.63, 3.8) is 0 Å². The molecule has 5 heterocycles. The molecule has 0 aromatic carbocycles. The number of esters is 1. The number of aliphatic hydroxyl groups is 1. The van der Waals surface area contributed by atoms with Gasteiger partial charge in [0.05, 0.1) is 41.5 Å². The van der Waals surface area contributed by atoms with Crippen LogP contribution in [0.4, 0.5) is 4.79 Å². The van der Waals surface area contributed by atoms with E-state index in [1.54, 1.807) is 18.9 Å². The Morgan fingerprint density at radius 2 is 2.09 bits per heavy atom. The van der Waals surface area contributed by atoms with Gasteiger partial charge in [0.2, 0.25) is 0 Å². The molecule has 2 amide bonds. The van der Waals surface area contributed by atoms with Crippen molar-refractivity contribution in [3.05, 3.63) is 35.7 Å². The van der Waals surface area contributed by atoms with Crippen LogP contribution in [0.2, 0.25) is 0 Å². The van der Waals surface area contributed by atoms with Gasteiger partial charge in [-0.05, 0) is 23.8 Å². The quantitative estimate of drug-likeness (QED) is 0.488. The molecule has 3 aliphatic rings. The van der Waals surface area contributed by atoms with E-state index in [2.05, 4.69) is 30.4 Å². The second-order valence-electron chi connectivity index (χ2n) is 8.73. The number of amides is 2. The molecule has 0 aliphatic carbocycles. The number of ether oxygens (including phenoxy) is 2. The normalized spacial score (nSPS) is 24.4. The minimum absolute atomic E-state index is 0.0970. The zero-order valence-corrected chi connectivity index (χ0v) is 19.5. The van der Waals surface area contributed by atoms with E-state index in [1.165, 1.54) is 23.4 Å². The Morgan fingerprint density at radius 1 is 1.23 bits per heavy atom. The van der Waals surface area contributed by atoms with Gasteiger partial charge in [0.1, 0.15) is 19.0 Å². The number of nitrogens with zero attached hydrogens (tertiary/aromatic N) is 9. The number of hydrogen-bond acceptors (Lipinski definition) is 11. The number of likely N-dealkylation sites (tertiary alicyclic amines) is 1. The van der Waals surface area contributed by atoms with E-state index < -0.39 is 6.10 Å². The third kappa shape index (κ3) is 4.47. The van der Waals surface area contributed by atoms with Crippen LogP contribution in [-0.4, -0.2) is 121 Å². The van der Waals surface area contributed by atoms with Crippen LogP contribution in [0.15, 0.2) is 30.0 Å². The van der Waals surface area contributed by atoms with E-state index in [1.807, 2.05) is 4.90 Å². The average molecular weight is 486 g/mol. The molecule has 0 saturated carbocycles. The van der Waals surface area contributed by atoms with Gasteiger partial charge < -0.3 is 19.5 Å². The van der Waals surface area contributed by atoms with E-state index in [4.69, 9.17) is 9.47 Å². The first kappa shape index (κ1) is 23.3. The summed E-state index contributed by atoms with van der Waals surface area (Å²) >= 11 is 0. The van der Waals surface area contributed by atoms with Gasteiger partial charge in [-0.25, -0.2) is 14.6 Å². The number of cyclic esters (lactones) is 1. The van der Waals surface area contributed by atoms with Crippen LogP contribution in [-0.2, 0) is 14.3 Å². The lowest BCUT2D eigenvalue weighted by molar-refractivity contribution is -0.136. The Bertz CT molecular complexity index is 1110. The van der Waals surface area contributed by atoms with Crippen molar-refractivity contribution < 1.29 is 24.2 Å². The number of urea groups is 1. The van der Waals surface area contributed by atoms with Crippen molar-refractivity contribution in [1.29, 1.82) is 0 Å². The molecule has 0 spiro atoms. The maximum Gasteiger partial charge on any atom is 0.336 e. The first-order chi connectivity index (χ1) is 17.0. The van der Waals surface area contributed by atoms with E-state index in [0.29, 0.717) is 61.9 Å². The topological polar surface area (TPSA) is 152 Å². The fraction of sp³-hybridized carbons (Fsp3) is 0.571. The van der Waals surface area contributed by atoms with E-state index >= 15 is 0 Å². The number of carbonyl (C=O) groups is 2. The SMILES string of the molecule is COC1CN(CC(O)c2cnc(-n3cnnn3)cn2)CCC1N1CCN(C2=C(C)C(=O)OC2)C1=O. The zero-order valence-electron chi connectivity index (χ0n) is 19.5. The molecule has 3 aliphatic heterocycles. The molecule has 35 heavy (non-hydrogen) atoms. The molecule has 5 rings (SSSR count). The molecule has 1 N–H and O–H groups in total. The highest BCUT2D eigenvalue weighted by atomic mass is 16.5. The highest BCUT2D eigenvalue weighted by Crippen LogP contribution is 2.29. The first-order valence-corrected chi connectivity index (χ1v) is 11.4. The van der Waals surface area contributed by atoms with E-state index in [9.17, 15) is 14.7 Å². The Balaban J connectivity index is 1.19. The molecule has 14 heteroatoms. The van der Waals surface area contributed by atoms with Crippen LogP contribution in [0.5, 0.6) is 0 Å². The monoisotopic (exact) mass is 485 g/mol. The number of piperidine rings is 1.